The molecule has 1 amide bonds. The minimum absolute atomic E-state index is 0.151. The van der Waals surface area contributed by atoms with E-state index in [1.54, 1.807) is 13.0 Å². The van der Waals surface area contributed by atoms with E-state index < -0.39 is 5.92 Å². The molecule has 0 saturated carbocycles. The molecule has 2 aromatic rings. The number of nitrogens with two attached hydrogens (primary N) is 1. The summed E-state index contributed by atoms with van der Waals surface area (Å²) in [5.74, 6) is -0.821. The van der Waals surface area contributed by atoms with Crippen LogP contribution in [0, 0.1) is 12.7 Å². The molecule has 0 aliphatic rings. The third-order valence-corrected chi connectivity index (χ3v) is 3.81. The fourth-order valence-corrected chi connectivity index (χ4v) is 2.36. The lowest BCUT2D eigenvalue weighted by atomic mass is 9.97. The van der Waals surface area contributed by atoms with Gasteiger partial charge in [-0.2, -0.15) is 0 Å². The molecule has 0 aliphatic carbocycles. The van der Waals surface area contributed by atoms with Crippen LogP contribution in [0.4, 0.5) is 4.39 Å². The molecule has 22 heavy (non-hydrogen) atoms. The van der Waals surface area contributed by atoms with Crippen LogP contribution in [0.1, 0.15) is 35.6 Å². The number of carbonyl (C=O) groups is 1. The Kier molecular flexibility index (Phi) is 5.28. The zero-order valence-corrected chi connectivity index (χ0v) is 12.8. The third-order valence-electron chi connectivity index (χ3n) is 3.81. The van der Waals surface area contributed by atoms with Crippen LogP contribution in [-0.2, 0) is 4.79 Å². The number of aryl methyl sites for hydroxylation is 1. The molecule has 116 valence electrons. The summed E-state index contributed by atoms with van der Waals surface area (Å²) in [7, 11) is 0. The molecular formula is C18H21FN2O. The summed E-state index contributed by atoms with van der Waals surface area (Å²) in [5, 5.41) is 2.91. The lowest BCUT2D eigenvalue weighted by Gasteiger charge is -2.20. The van der Waals surface area contributed by atoms with Gasteiger partial charge in [0.25, 0.3) is 0 Å². The Bertz CT molecular complexity index is 643. The quantitative estimate of drug-likeness (QED) is 0.891. The van der Waals surface area contributed by atoms with Crippen molar-refractivity contribution in [1.82, 2.24) is 5.32 Å². The summed E-state index contributed by atoms with van der Waals surface area (Å²) >= 11 is 0. The van der Waals surface area contributed by atoms with Crippen molar-refractivity contribution in [3.63, 3.8) is 0 Å². The van der Waals surface area contributed by atoms with Gasteiger partial charge in [0.2, 0.25) is 5.91 Å². The first kappa shape index (κ1) is 16.2. The van der Waals surface area contributed by atoms with Gasteiger partial charge in [-0.15, -0.1) is 0 Å². The highest BCUT2D eigenvalue weighted by molar-refractivity contribution is 5.84. The molecule has 2 aromatic carbocycles. The van der Waals surface area contributed by atoms with Gasteiger partial charge in [0.15, 0.2) is 0 Å². The molecule has 0 heterocycles. The number of halogens is 1. The maximum atomic E-state index is 13.6. The molecule has 0 aromatic heterocycles. The maximum absolute atomic E-state index is 13.6. The van der Waals surface area contributed by atoms with E-state index in [4.69, 9.17) is 5.73 Å². The van der Waals surface area contributed by atoms with E-state index in [1.807, 2.05) is 43.3 Å². The Morgan fingerprint density at radius 3 is 2.45 bits per heavy atom. The monoisotopic (exact) mass is 300 g/mol. The van der Waals surface area contributed by atoms with Gasteiger partial charge in [-0.05, 0) is 36.6 Å². The second kappa shape index (κ2) is 7.18. The van der Waals surface area contributed by atoms with Crippen molar-refractivity contribution < 1.29 is 9.18 Å². The summed E-state index contributed by atoms with van der Waals surface area (Å²) in [6.45, 7) is 3.77. The normalized spacial score (nSPS) is 13.5. The Hall–Kier alpha value is -2.20. The lowest BCUT2D eigenvalue weighted by Crippen LogP contribution is -2.35. The number of carbonyl (C=O) groups excluding carboxylic acids is 1. The summed E-state index contributed by atoms with van der Waals surface area (Å²) in [4.78, 5) is 12.4. The molecule has 0 saturated heterocycles. The highest BCUT2D eigenvalue weighted by Crippen LogP contribution is 2.19. The second-order valence-corrected chi connectivity index (χ2v) is 5.44. The molecule has 2 atom stereocenters. The van der Waals surface area contributed by atoms with Crippen molar-refractivity contribution in [3.05, 3.63) is 71.0 Å². The van der Waals surface area contributed by atoms with Crippen molar-refractivity contribution in [2.45, 2.75) is 25.8 Å². The fraction of sp³-hybridized carbons (Fsp3) is 0.278. The number of rotatable bonds is 5. The summed E-state index contributed by atoms with van der Waals surface area (Å²) in [6, 6.07) is 14.1. The predicted molar refractivity (Wildman–Crippen MR) is 85.9 cm³/mol. The molecule has 0 radical (unpaired) electrons. The maximum Gasteiger partial charge on any atom is 0.229 e. The number of amides is 1. The Morgan fingerprint density at radius 2 is 1.86 bits per heavy atom. The SMILES string of the molecule is Cc1ccc([C@@H](C)NC(=O)[C@H](CN)c2ccccc2)cc1F. The number of hydrogen-bond acceptors (Lipinski definition) is 2. The highest BCUT2D eigenvalue weighted by atomic mass is 19.1. The van der Waals surface area contributed by atoms with E-state index in [9.17, 15) is 9.18 Å². The van der Waals surface area contributed by atoms with E-state index in [-0.39, 0.29) is 24.3 Å². The van der Waals surface area contributed by atoms with Gasteiger partial charge in [0.05, 0.1) is 12.0 Å². The first-order valence-corrected chi connectivity index (χ1v) is 7.34. The zero-order chi connectivity index (χ0) is 16.1. The summed E-state index contributed by atoms with van der Waals surface area (Å²) in [6.07, 6.45) is 0. The van der Waals surface area contributed by atoms with Crippen LogP contribution in [0.15, 0.2) is 48.5 Å². The van der Waals surface area contributed by atoms with Gasteiger partial charge < -0.3 is 11.1 Å². The lowest BCUT2D eigenvalue weighted by molar-refractivity contribution is -0.123. The topological polar surface area (TPSA) is 55.1 Å². The summed E-state index contributed by atoms with van der Waals surface area (Å²) in [5.41, 5.74) is 7.95. The van der Waals surface area contributed by atoms with Crippen LogP contribution in [-0.4, -0.2) is 12.5 Å². The van der Waals surface area contributed by atoms with Crippen molar-refractivity contribution in [2.75, 3.05) is 6.54 Å². The van der Waals surface area contributed by atoms with Crippen LogP contribution in [0.2, 0.25) is 0 Å². The van der Waals surface area contributed by atoms with E-state index in [0.29, 0.717) is 5.56 Å². The molecular weight excluding hydrogens is 279 g/mol. The predicted octanol–water partition coefficient (Wildman–Crippen LogP) is 3.05. The number of benzene rings is 2. The number of nitrogens with one attached hydrogen (secondary N) is 1. The number of hydrogen-bond donors (Lipinski definition) is 2. The average molecular weight is 300 g/mol. The highest BCUT2D eigenvalue weighted by Gasteiger charge is 2.21. The third kappa shape index (κ3) is 3.71. The molecule has 4 heteroatoms. The van der Waals surface area contributed by atoms with Gasteiger partial charge in [-0.3, -0.25) is 4.79 Å². The molecule has 2 rings (SSSR count). The fourth-order valence-electron chi connectivity index (χ4n) is 2.36. The van der Waals surface area contributed by atoms with Crippen molar-refractivity contribution in [2.24, 2.45) is 5.73 Å². The van der Waals surface area contributed by atoms with Gasteiger partial charge in [-0.1, -0.05) is 42.5 Å². The molecule has 3 N–H and O–H groups in total. The van der Waals surface area contributed by atoms with Crippen LogP contribution in [0.5, 0.6) is 0 Å². The van der Waals surface area contributed by atoms with Crippen molar-refractivity contribution in [1.29, 1.82) is 0 Å². The van der Waals surface area contributed by atoms with Crippen LogP contribution < -0.4 is 11.1 Å². The van der Waals surface area contributed by atoms with Gasteiger partial charge >= 0.3 is 0 Å². The molecule has 3 nitrogen and oxygen atoms in total. The molecule has 0 aliphatic heterocycles. The minimum Gasteiger partial charge on any atom is -0.349 e. The van der Waals surface area contributed by atoms with E-state index >= 15 is 0 Å². The smallest absolute Gasteiger partial charge is 0.229 e. The average Bonchev–Trinajstić information content (AvgIpc) is 2.51. The van der Waals surface area contributed by atoms with Gasteiger partial charge in [-0.25, -0.2) is 4.39 Å². The minimum atomic E-state index is -0.404. The molecule has 0 fully saturated rings. The molecule has 0 unspecified atom stereocenters. The first-order chi connectivity index (χ1) is 10.5. The Balaban J connectivity index is 2.11. The summed E-state index contributed by atoms with van der Waals surface area (Å²) < 4.78 is 13.6. The second-order valence-electron chi connectivity index (χ2n) is 5.44. The van der Waals surface area contributed by atoms with Gasteiger partial charge in [0, 0.05) is 6.54 Å². The van der Waals surface area contributed by atoms with E-state index in [0.717, 1.165) is 11.1 Å². The Morgan fingerprint density at radius 1 is 1.18 bits per heavy atom. The van der Waals surface area contributed by atoms with Gasteiger partial charge in [0.1, 0.15) is 5.82 Å². The first-order valence-electron chi connectivity index (χ1n) is 7.34. The van der Waals surface area contributed by atoms with E-state index in [1.165, 1.54) is 6.07 Å². The largest absolute Gasteiger partial charge is 0.349 e. The molecule has 0 bridgehead atoms. The van der Waals surface area contributed by atoms with Crippen molar-refractivity contribution in [3.8, 4) is 0 Å². The standard InChI is InChI=1S/C18H21FN2O/c1-12-8-9-15(10-17(12)19)13(2)21-18(22)16(11-20)14-6-4-3-5-7-14/h3-10,13,16H,11,20H2,1-2H3,(H,21,22)/t13-,16-/m1/s1. The molecule has 0 spiro atoms. The van der Waals surface area contributed by atoms with Crippen LogP contribution in [0.3, 0.4) is 0 Å². The Labute approximate surface area is 130 Å². The van der Waals surface area contributed by atoms with E-state index in [2.05, 4.69) is 5.32 Å². The van der Waals surface area contributed by atoms with Crippen molar-refractivity contribution >= 4 is 5.91 Å². The van der Waals surface area contributed by atoms with Crippen LogP contribution >= 0.6 is 0 Å². The zero-order valence-electron chi connectivity index (χ0n) is 12.8. The van der Waals surface area contributed by atoms with Crippen LogP contribution in [0.25, 0.3) is 0 Å².